The maximum atomic E-state index is 12.1. The van der Waals surface area contributed by atoms with E-state index in [1.807, 2.05) is 32.1 Å². The molecular formula is C33H46O6. The summed E-state index contributed by atoms with van der Waals surface area (Å²) in [4.78, 5) is 11.8. The summed E-state index contributed by atoms with van der Waals surface area (Å²) >= 11 is 0. The fourth-order valence-electron chi connectivity index (χ4n) is 6.86. The lowest BCUT2D eigenvalue weighted by Gasteiger charge is -2.55. The number of aliphatic hydroxyl groups excluding tert-OH is 3. The third-order valence-electron chi connectivity index (χ3n) is 9.19. The second-order valence-corrected chi connectivity index (χ2v) is 11.6. The van der Waals surface area contributed by atoms with Gasteiger partial charge in [-0.15, -0.1) is 0 Å². The highest BCUT2D eigenvalue weighted by atomic mass is 16.5. The molecule has 2 fully saturated rings. The van der Waals surface area contributed by atoms with E-state index in [1.165, 1.54) is 0 Å². The Kier molecular flexibility index (Phi) is 11.1. The van der Waals surface area contributed by atoms with Gasteiger partial charge in [0.25, 0.3) is 0 Å². The summed E-state index contributed by atoms with van der Waals surface area (Å²) in [6, 6.07) is 0. The van der Waals surface area contributed by atoms with E-state index in [0.29, 0.717) is 62.5 Å². The highest BCUT2D eigenvalue weighted by Gasteiger charge is 2.63. The fourth-order valence-corrected chi connectivity index (χ4v) is 6.86. The summed E-state index contributed by atoms with van der Waals surface area (Å²) in [6.07, 6.45) is 11.3. The summed E-state index contributed by atoms with van der Waals surface area (Å²) in [5.41, 5.74) is 2.22. The van der Waals surface area contributed by atoms with E-state index in [-0.39, 0.29) is 31.7 Å². The van der Waals surface area contributed by atoms with Crippen molar-refractivity contribution in [1.82, 2.24) is 0 Å². The van der Waals surface area contributed by atoms with Crippen LogP contribution in [0.15, 0.2) is 58.7 Å². The van der Waals surface area contributed by atoms with Gasteiger partial charge in [0.05, 0.1) is 24.4 Å². The van der Waals surface area contributed by atoms with Crippen molar-refractivity contribution in [2.45, 2.75) is 89.9 Å². The highest BCUT2D eigenvalue weighted by molar-refractivity contribution is 5.74. The Labute approximate surface area is 233 Å². The number of aldehydes is 1. The maximum Gasteiger partial charge on any atom is 0.145 e. The van der Waals surface area contributed by atoms with Crippen LogP contribution in [0, 0.1) is 29.1 Å². The average molecular weight is 539 g/mol. The molecule has 6 atom stereocenters. The molecule has 6 heteroatoms. The number of allylic oxidation sites excluding steroid dienone is 5. The van der Waals surface area contributed by atoms with E-state index < -0.39 is 23.2 Å². The molecular weight excluding hydrogens is 492 g/mol. The molecule has 0 aromatic carbocycles. The van der Waals surface area contributed by atoms with Crippen molar-refractivity contribution in [3.63, 3.8) is 0 Å². The molecule has 0 saturated heterocycles. The first-order valence-corrected chi connectivity index (χ1v) is 14.2. The number of hydrogen-bond acceptors (Lipinski definition) is 6. The second-order valence-electron chi connectivity index (χ2n) is 11.6. The van der Waals surface area contributed by atoms with Crippen LogP contribution in [0.1, 0.15) is 72.1 Å². The van der Waals surface area contributed by atoms with E-state index in [1.54, 1.807) is 13.0 Å². The van der Waals surface area contributed by atoms with Gasteiger partial charge in [-0.3, -0.25) is 4.79 Å². The van der Waals surface area contributed by atoms with Gasteiger partial charge in [-0.1, -0.05) is 53.9 Å². The molecule has 0 amide bonds. The average Bonchev–Trinajstić information content (AvgIpc) is 3.25. The molecule has 4 N–H and O–H groups in total. The van der Waals surface area contributed by atoms with E-state index in [4.69, 9.17) is 4.74 Å². The van der Waals surface area contributed by atoms with Crippen molar-refractivity contribution >= 4 is 6.29 Å². The Morgan fingerprint density at radius 1 is 1.28 bits per heavy atom. The maximum absolute atomic E-state index is 12.1. The monoisotopic (exact) mass is 538 g/mol. The highest BCUT2D eigenvalue weighted by Crippen LogP contribution is 2.62. The zero-order valence-electron chi connectivity index (χ0n) is 23.8. The van der Waals surface area contributed by atoms with Crippen molar-refractivity contribution in [1.29, 1.82) is 0 Å². The molecule has 39 heavy (non-hydrogen) atoms. The molecule has 6 nitrogen and oxygen atoms in total. The molecule has 1 spiro atoms. The van der Waals surface area contributed by atoms with Crippen molar-refractivity contribution < 1.29 is 30.0 Å². The van der Waals surface area contributed by atoms with Crippen molar-refractivity contribution in [2.24, 2.45) is 17.3 Å². The number of aliphatic hydroxyl groups is 4. The SMILES string of the molecule is C=C1/C=C/C=C(\[C@H]2CC[C@@]3([C@H](CCCO)/C(=C(\C)C=O)CC[C@@]3(C)O)[C@@H]2O)COCC#CC/C(C)=C/C[C@@H]1O. The van der Waals surface area contributed by atoms with Gasteiger partial charge in [-0.25, -0.2) is 0 Å². The predicted molar refractivity (Wildman–Crippen MR) is 154 cm³/mol. The van der Waals surface area contributed by atoms with E-state index in [9.17, 15) is 25.2 Å². The minimum atomic E-state index is -1.14. The lowest BCUT2D eigenvalue weighted by atomic mass is 9.52. The molecule has 0 bridgehead atoms. The molecule has 3 aliphatic rings. The van der Waals surface area contributed by atoms with Gasteiger partial charge < -0.3 is 25.2 Å². The first-order valence-electron chi connectivity index (χ1n) is 14.2. The summed E-state index contributed by atoms with van der Waals surface area (Å²) in [7, 11) is 0. The third-order valence-corrected chi connectivity index (χ3v) is 9.19. The summed E-state index contributed by atoms with van der Waals surface area (Å²) in [5, 5.41) is 44.0. The van der Waals surface area contributed by atoms with E-state index in [2.05, 4.69) is 18.4 Å². The van der Waals surface area contributed by atoms with Crippen LogP contribution in [0.3, 0.4) is 0 Å². The molecule has 1 aliphatic heterocycles. The first-order chi connectivity index (χ1) is 18.6. The smallest absolute Gasteiger partial charge is 0.145 e. The molecule has 2 saturated carbocycles. The number of carbonyl (C=O) groups is 1. The van der Waals surface area contributed by atoms with Gasteiger partial charge in [-0.2, -0.15) is 0 Å². The molecule has 214 valence electrons. The van der Waals surface area contributed by atoms with Gasteiger partial charge in [0.1, 0.15) is 12.9 Å². The Balaban J connectivity index is 1.98. The quantitative estimate of drug-likeness (QED) is 0.179. The van der Waals surface area contributed by atoms with Crippen molar-refractivity contribution in [3.05, 3.63) is 58.7 Å². The van der Waals surface area contributed by atoms with Crippen LogP contribution in [-0.2, 0) is 9.53 Å². The Bertz CT molecular complexity index is 1080. The molecule has 1 heterocycles. The zero-order valence-corrected chi connectivity index (χ0v) is 23.8. The van der Waals surface area contributed by atoms with Crippen LogP contribution < -0.4 is 0 Å². The van der Waals surface area contributed by atoms with Crippen LogP contribution in [0.25, 0.3) is 0 Å². The molecule has 0 radical (unpaired) electrons. The van der Waals surface area contributed by atoms with Crippen molar-refractivity contribution in [2.75, 3.05) is 19.8 Å². The predicted octanol–water partition coefficient (Wildman–Crippen LogP) is 4.35. The number of hydrogen-bond donors (Lipinski definition) is 4. The minimum Gasteiger partial charge on any atom is -0.396 e. The van der Waals surface area contributed by atoms with E-state index >= 15 is 0 Å². The summed E-state index contributed by atoms with van der Waals surface area (Å²) in [5.74, 6) is 5.68. The lowest BCUT2D eigenvalue weighted by Crippen LogP contribution is -2.59. The number of carbonyl (C=O) groups excluding carboxylic acids is 1. The Hall–Kier alpha value is -2.27. The fraction of sp³-hybridized carbons (Fsp3) is 0.606. The largest absolute Gasteiger partial charge is 0.396 e. The Morgan fingerprint density at radius 3 is 2.77 bits per heavy atom. The lowest BCUT2D eigenvalue weighted by molar-refractivity contribution is -0.167. The minimum absolute atomic E-state index is 0.0112. The van der Waals surface area contributed by atoms with Crippen LogP contribution >= 0.6 is 0 Å². The molecule has 2 aliphatic carbocycles. The Morgan fingerprint density at radius 2 is 2.05 bits per heavy atom. The van der Waals surface area contributed by atoms with Crippen LogP contribution in [0.4, 0.5) is 0 Å². The standard InChI is InChI=1S/C33H46O6/c1-23-9-5-6-20-39-22-26(11-7-10-24(2)30(36)14-13-23)28-16-18-33(31(28)37)29(12-8-19-34)27(25(3)21-35)15-17-32(33,4)38/h7,10-11,13,21,28-31,34,36-38H,2,8-9,12,14-20,22H2,1,3-4H3/b10-7+,23-13+,26-11-,27-25+/t28-,29-,30+,31-,32-,33-/m1/s1. The van der Waals surface area contributed by atoms with Gasteiger partial charge >= 0.3 is 0 Å². The van der Waals surface area contributed by atoms with Gasteiger partial charge in [0.2, 0.25) is 0 Å². The summed E-state index contributed by atoms with van der Waals surface area (Å²) < 4.78 is 5.93. The topological polar surface area (TPSA) is 107 Å². The van der Waals surface area contributed by atoms with Gasteiger partial charge in [0.15, 0.2) is 0 Å². The number of rotatable bonds is 5. The number of ether oxygens (including phenoxy) is 1. The van der Waals surface area contributed by atoms with Crippen molar-refractivity contribution in [3.8, 4) is 11.8 Å². The van der Waals surface area contributed by atoms with Crippen LogP contribution in [0.5, 0.6) is 0 Å². The molecule has 3 rings (SSSR count). The van der Waals surface area contributed by atoms with Crippen LogP contribution in [0.2, 0.25) is 0 Å². The molecule has 0 unspecified atom stereocenters. The van der Waals surface area contributed by atoms with Gasteiger partial charge in [0, 0.05) is 24.4 Å². The third kappa shape index (κ3) is 6.90. The van der Waals surface area contributed by atoms with Crippen LogP contribution in [-0.4, -0.2) is 64.3 Å². The first kappa shape index (κ1) is 31.3. The zero-order chi connectivity index (χ0) is 28.6. The molecule has 0 aromatic heterocycles. The normalized spacial score (nSPS) is 39.3. The molecule has 0 aromatic rings. The van der Waals surface area contributed by atoms with E-state index in [0.717, 1.165) is 23.0 Å². The second kappa shape index (κ2) is 13.9. The summed E-state index contributed by atoms with van der Waals surface area (Å²) in [6.45, 7) is 10.2. The van der Waals surface area contributed by atoms with Gasteiger partial charge in [-0.05, 0) is 88.4 Å².